The van der Waals surface area contributed by atoms with E-state index in [1.54, 1.807) is 11.8 Å². The van der Waals surface area contributed by atoms with Crippen molar-refractivity contribution in [3.63, 3.8) is 0 Å². The first-order chi connectivity index (χ1) is 12.2. The van der Waals surface area contributed by atoms with E-state index in [2.05, 4.69) is 29.2 Å². The summed E-state index contributed by atoms with van der Waals surface area (Å²) in [6.45, 7) is 0. The number of pyridine rings is 1. The van der Waals surface area contributed by atoms with Gasteiger partial charge in [-0.3, -0.25) is 0 Å². The predicted octanol–water partition coefficient (Wildman–Crippen LogP) is 4.78. The lowest BCUT2D eigenvalue weighted by Gasteiger charge is -2.53. The monoisotopic (exact) mass is 332 g/mol. The number of nitrogen functional groups attached to an aromatic ring is 1. The number of nitrogens with two attached hydrogens (primary N) is 1. The maximum Gasteiger partial charge on any atom is 0.219 e. The maximum absolute atomic E-state index is 5.87. The summed E-state index contributed by atoms with van der Waals surface area (Å²) in [5.41, 5.74) is 8.34. The van der Waals surface area contributed by atoms with Crippen LogP contribution in [0.15, 0.2) is 42.6 Å². The standard InChI is InChI=1S/C22H24N2O/c23-17-3-6-20(24-12-17)25-18-4-1-16(2-5-18)22-9-14-7-13-8-15(10-22)21(14)19(13)11-22/h1-6,12-15,19,21H,7-11,23H2. The summed E-state index contributed by atoms with van der Waals surface area (Å²) >= 11 is 0. The number of benzene rings is 1. The van der Waals surface area contributed by atoms with Gasteiger partial charge in [0.25, 0.3) is 0 Å². The summed E-state index contributed by atoms with van der Waals surface area (Å²) in [6, 6.07) is 12.5. The Balaban J connectivity index is 1.27. The van der Waals surface area contributed by atoms with Crippen molar-refractivity contribution in [1.82, 2.24) is 4.98 Å². The number of anilines is 1. The van der Waals surface area contributed by atoms with E-state index in [9.17, 15) is 0 Å². The average molecular weight is 332 g/mol. The molecule has 6 bridgehead atoms. The van der Waals surface area contributed by atoms with Gasteiger partial charge in [0.1, 0.15) is 5.75 Å². The van der Waals surface area contributed by atoms with Crippen molar-refractivity contribution in [2.45, 2.75) is 37.5 Å². The zero-order chi connectivity index (χ0) is 16.6. The lowest BCUT2D eigenvalue weighted by molar-refractivity contribution is 0.0224. The lowest BCUT2D eigenvalue weighted by atomic mass is 9.51. The number of hydrogen-bond donors (Lipinski definition) is 1. The summed E-state index contributed by atoms with van der Waals surface area (Å²) in [5.74, 6) is 6.67. The van der Waals surface area contributed by atoms with E-state index in [4.69, 9.17) is 10.5 Å². The van der Waals surface area contributed by atoms with Crippen molar-refractivity contribution < 1.29 is 4.74 Å². The fourth-order valence-corrected chi connectivity index (χ4v) is 7.19. The molecule has 3 atom stereocenters. The van der Waals surface area contributed by atoms with Crippen molar-refractivity contribution in [2.24, 2.45) is 29.6 Å². The molecule has 5 aliphatic carbocycles. The summed E-state index contributed by atoms with van der Waals surface area (Å²) in [5, 5.41) is 0. The zero-order valence-corrected chi connectivity index (χ0v) is 14.4. The number of nitrogens with zero attached hydrogens (tertiary/aromatic N) is 1. The Labute approximate surface area is 148 Å². The van der Waals surface area contributed by atoms with E-state index in [1.807, 2.05) is 12.1 Å². The average Bonchev–Trinajstić information content (AvgIpc) is 3.03. The maximum atomic E-state index is 5.87. The van der Waals surface area contributed by atoms with Crippen LogP contribution in [0, 0.1) is 29.6 Å². The van der Waals surface area contributed by atoms with Crippen LogP contribution in [-0.2, 0) is 5.41 Å². The highest BCUT2D eigenvalue weighted by molar-refractivity contribution is 5.39. The minimum atomic E-state index is 0.456. The molecule has 1 aromatic carbocycles. The Bertz CT molecular complexity index is 797. The van der Waals surface area contributed by atoms with Gasteiger partial charge in [-0.25, -0.2) is 4.98 Å². The zero-order valence-electron chi connectivity index (χ0n) is 14.4. The van der Waals surface area contributed by atoms with Crippen molar-refractivity contribution in [1.29, 1.82) is 0 Å². The van der Waals surface area contributed by atoms with Crippen molar-refractivity contribution in [3.05, 3.63) is 48.2 Å². The van der Waals surface area contributed by atoms with Crippen molar-refractivity contribution >= 4 is 5.69 Å². The molecule has 0 radical (unpaired) electrons. The van der Waals surface area contributed by atoms with Crippen LogP contribution in [0.5, 0.6) is 11.6 Å². The smallest absolute Gasteiger partial charge is 0.219 e. The Hall–Kier alpha value is -2.03. The number of hydrogen-bond acceptors (Lipinski definition) is 3. The van der Waals surface area contributed by atoms with E-state index in [0.29, 0.717) is 17.0 Å². The molecule has 0 spiro atoms. The summed E-state index contributed by atoms with van der Waals surface area (Å²) < 4.78 is 5.87. The van der Waals surface area contributed by atoms with Crippen LogP contribution in [-0.4, -0.2) is 4.98 Å². The molecule has 25 heavy (non-hydrogen) atoms. The highest BCUT2D eigenvalue weighted by Crippen LogP contribution is 2.72. The van der Waals surface area contributed by atoms with Gasteiger partial charge in [-0.15, -0.1) is 0 Å². The van der Waals surface area contributed by atoms with Crippen LogP contribution in [0.2, 0.25) is 0 Å². The van der Waals surface area contributed by atoms with Gasteiger partial charge in [-0.05, 0) is 90.9 Å². The third-order valence-electron chi connectivity index (χ3n) is 7.78. The second kappa shape index (κ2) is 4.78. The molecule has 128 valence electrons. The van der Waals surface area contributed by atoms with E-state index in [0.717, 1.165) is 35.3 Å². The Morgan fingerprint density at radius 1 is 0.920 bits per heavy atom. The van der Waals surface area contributed by atoms with Crippen molar-refractivity contribution in [2.75, 3.05) is 5.73 Å². The molecule has 5 saturated carbocycles. The molecule has 0 aliphatic heterocycles. The number of aromatic nitrogens is 1. The van der Waals surface area contributed by atoms with E-state index in [1.165, 1.54) is 32.1 Å². The van der Waals surface area contributed by atoms with E-state index >= 15 is 0 Å². The van der Waals surface area contributed by atoms with Crippen LogP contribution in [0.3, 0.4) is 0 Å². The topological polar surface area (TPSA) is 48.1 Å². The third-order valence-corrected chi connectivity index (χ3v) is 7.78. The molecule has 3 unspecified atom stereocenters. The fourth-order valence-electron chi connectivity index (χ4n) is 7.19. The highest BCUT2D eigenvalue weighted by Gasteiger charge is 2.65. The molecular formula is C22H24N2O. The van der Waals surface area contributed by atoms with Crippen LogP contribution in [0.25, 0.3) is 0 Å². The fraction of sp³-hybridized carbons (Fsp3) is 0.500. The molecule has 7 rings (SSSR count). The van der Waals surface area contributed by atoms with Crippen LogP contribution < -0.4 is 10.5 Å². The van der Waals surface area contributed by atoms with Gasteiger partial charge in [-0.1, -0.05) is 12.1 Å². The quantitative estimate of drug-likeness (QED) is 0.880. The van der Waals surface area contributed by atoms with Gasteiger partial charge in [0.15, 0.2) is 0 Å². The molecule has 2 aromatic rings. The Kier molecular flexibility index (Phi) is 2.71. The molecule has 1 heterocycles. The van der Waals surface area contributed by atoms with Gasteiger partial charge < -0.3 is 10.5 Å². The first-order valence-corrected chi connectivity index (χ1v) is 9.70. The lowest BCUT2D eigenvalue weighted by Crippen LogP contribution is -2.47. The largest absolute Gasteiger partial charge is 0.439 e. The van der Waals surface area contributed by atoms with Gasteiger partial charge in [-0.2, -0.15) is 0 Å². The molecule has 5 fully saturated rings. The number of rotatable bonds is 3. The minimum absolute atomic E-state index is 0.456. The molecule has 3 heteroatoms. The molecule has 5 aliphatic rings. The highest BCUT2D eigenvalue weighted by atomic mass is 16.5. The third kappa shape index (κ3) is 1.95. The van der Waals surface area contributed by atoms with Crippen LogP contribution in [0.4, 0.5) is 5.69 Å². The normalized spacial score (nSPS) is 39.9. The minimum Gasteiger partial charge on any atom is -0.439 e. The summed E-state index contributed by atoms with van der Waals surface area (Å²) in [6.07, 6.45) is 8.98. The Morgan fingerprint density at radius 2 is 1.68 bits per heavy atom. The molecule has 2 N–H and O–H groups in total. The molecule has 1 aromatic heterocycles. The number of ether oxygens (including phenoxy) is 1. The molecule has 0 saturated heterocycles. The van der Waals surface area contributed by atoms with Crippen LogP contribution >= 0.6 is 0 Å². The first-order valence-electron chi connectivity index (χ1n) is 9.70. The van der Waals surface area contributed by atoms with E-state index < -0.39 is 0 Å². The van der Waals surface area contributed by atoms with E-state index in [-0.39, 0.29) is 0 Å². The van der Waals surface area contributed by atoms with Crippen molar-refractivity contribution in [3.8, 4) is 11.6 Å². The molecular weight excluding hydrogens is 308 g/mol. The molecule has 3 nitrogen and oxygen atoms in total. The van der Waals surface area contributed by atoms with Gasteiger partial charge in [0.05, 0.1) is 11.9 Å². The SMILES string of the molecule is Nc1ccc(Oc2ccc(C34CC5CC6CC(C3)C5C6C4)cc2)nc1. The van der Waals surface area contributed by atoms with Gasteiger partial charge in [0.2, 0.25) is 5.88 Å². The van der Waals surface area contributed by atoms with Crippen LogP contribution in [0.1, 0.15) is 37.7 Å². The molecule has 0 amide bonds. The second-order valence-electron chi connectivity index (χ2n) is 8.94. The van der Waals surface area contributed by atoms with Gasteiger partial charge >= 0.3 is 0 Å². The predicted molar refractivity (Wildman–Crippen MR) is 97.4 cm³/mol. The summed E-state index contributed by atoms with van der Waals surface area (Å²) in [7, 11) is 0. The van der Waals surface area contributed by atoms with Gasteiger partial charge in [0, 0.05) is 6.07 Å². The second-order valence-corrected chi connectivity index (χ2v) is 8.94. The Morgan fingerprint density at radius 3 is 2.32 bits per heavy atom. The first kappa shape index (κ1) is 14.2. The summed E-state index contributed by atoms with van der Waals surface area (Å²) in [4.78, 5) is 4.22.